The number of benzene rings is 1. The number of aryl methyl sites for hydroxylation is 1. The summed E-state index contributed by atoms with van der Waals surface area (Å²) in [5.74, 6) is 0. The van der Waals surface area contributed by atoms with Gasteiger partial charge in [-0.05, 0) is 31.9 Å². The van der Waals surface area contributed by atoms with E-state index in [1.807, 2.05) is 19.1 Å². The van der Waals surface area contributed by atoms with Crippen LogP contribution in [-0.4, -0.2) is 40.0 Å². The SMILES string of the molecule is COCCN[C@@H]1CCCC[C@H]1S(=O)(=O)c1ccc(C)cc1. The van der Waals surface area contributed by atoms with Crippen LogP contribution in [-0.2, 0) is 14.6 Å². The first-order valence-electron chi connectivity index (χ1n) is 7.58. The molecule has 1 aromatic rings. The molecule has 1 aliphatic rings. The maximum absolute atomic E-state index is 12.9. The highest BCUT2D eigenvalue weighted by Gasteiger charge is 2.36. The Kier molecular flexibility index (Phi) is 5.79. The third kappa shape index (κ3) is 4.05. The molecule has 0 aromatic heterocycles. The quantitative estimate of drug-likeness (QED) is 0.819. The molecule has 1 N–H and O–H groups in total. The van der Waals surface area contributed by atoms with Crippen LogP contribution in [0.4, 0.5) is 0 Å². The van der Waals surface area contributed by atoms with Crippen molar-refractivity contribution in [2.75, 3.05) is 20.3 Å². The summed E-state index contributed by atoms with van der Waals surface area (Å²) < 4.78 is 30.8. The van der Waals surface area contributed by atoms with Crippen LogP contribution in [0.25, 0.3) is 0 Å². The Labute approximate surface area is 127 Å². The topological polar surface area (TPSA) is 55.4 Å². The van der Waals surface area contributed by atoms with Crippen molar-refractivity contribution in [3.63, 3.8) is 0 Å². The zero-order valence-corrected chi connectivity index (χ0v) is 13.7. The van der Waals surface area contributed by atoms with Gasteiger partial charge in [-0.15, -0.1) is 0 Å². The maximum Gasteiger partial charge on any atom is 0.182 e. The van der Waals surface area contributed by atoms with Gasteiger partial charge in [-0.3, -0.25) is 0 Å². The molecule has 2 rings (SSSR count). The number of rotatable bonds is 6. The van der Waals surface area contributed by atoms with E-state index in [1.165, 1.54) is 0 Å². The summed E-state index contributed by atoms with van der Waals surface area (Å²) in [4.78, 5) is 0.443. The fourth-order valence-corrected chi connectivity index (χ4v) is 4.96. The lowest BCUT2D eigenvalue weighted by atomic mass is 9.95. The molecule has 0 bridgehead atoms. The summed E-state index contributed by atoms with van der Waals surface area (Å²) in [6, 6.07) is 7.21. The van der Waals surface area contributed by atoms with Crippen LogP contribution in [0, 0.1) is 6.92 Å². The van der Waals surface area contributed by atoms with E-state index in [0.29, 0.717) is 18.0 Å². The Balaban J connectivity index is 2.17. The molecule has 0 amide bonds. The molecule has 0 unspecified atom stereocenters. The van der Waals surface area contributed by atoms with E-state index in [1.54, 1.807) is 19.2 Å². The minimum atomic E-state index is -3.27. The van der Waals surface area contributed by atoms with Gasteiger partial charge >= 0.3 is 0 Å². The normalized spacial score (nSPS) is 23.1. The Hall–Kier alpha value is -0.910. The third-order valence-corrected chi connectivity index (χ3v) is 6.45. The minimum absolute atomic E-state index is 0.0280. The number of hydrogen-bond acceptors (Lipinski definition) is 4. The summed E-state index contributed by atoms with van der Waals surface area (Å²) in [6.07, 6.45) is 3.73. The third-order valence-electron chi connectivity index (χ3n) is 4.16. The summed E-state index contributed by atoms with van der Waals surface area (Å²) in [7, 11) is -1.61. The van der Waals surface area contributed by atoms with Crippen molar-refractivity contribution in [1.82, 2.24) is 5.32 Å². The molecule has 1 aromatic carbocycles. The Bertz CT molecular complexity index is 539. The molecule has 118 valence electrons. The van der Waals surface area contributed by atoms with Crippen molar-refractivity contribution >= 4 is 9.84 Å². The molecular formula is C16H25NO3S. The van der Waals surface area contributed by atoms with E-state index in [-0.39, 0.29) is 11.3 Å². The van der Waals surface area contributed by atoms with Gasteiger partial charge in [0.1, 0.15) is 0 Å². The lowest BCUT2D eigenvalue weighted by Crippen LogP contribution is -2.47. The zero-order chi connectivity index (χ0) is 15.3. The van der Waals surface area contributed by atoms with Crippen molar-refractivity contribution < 1.29 is 13.2 Å². The van der Waals surface area contributed by atoms with Crippen LogP contribution in [0.15, 0.2) is 29.2 Å². The molecule has 0 heterocycles. The number of nitrogens with one attached hydrogen (secondary N) is 1. The van der Waals surface area contributed by atoms with Gasteiger partial charge in [-0.25, -0.2) is 8.42 Å². The summed E-state index contributed by atoms with van der Waals surface area (Å²) in [5, 5.41) is 3.03. The second kappa shape index (κ2) is 7.38. The van der Waals surface area contributed by atoms with Gasteiger partial charge in [0.05, 0.1) is 16.8 Å². The van der Waals surface area contributed by atoms with E-state index in [4.69, 9.17) is 4.74 Å². The van der Waals surface area contributed by atoms with E-state index in [0.717, 1.165) is 31.2 Å². The number of methoxy groups -OCH3 is 1. The van der Waals surface area contributed by atoms with E-state index >= 15 is 0 Å². The summed E-state index contributed by atoms with van der Waals surface area (Å²) in [6.45, 7) is 3.26. The zero-order valence-electron chi connectivity index (χ0n) is 12.8. The van der Waals surface area contributed by atoms with Crippen molar-refractivity contribution in [3.05, 3.63) is 29.8 Å². The van der Waals surface area contributed by atoms with Crippen LogP contribution in [0.3, 0.4) is 0 Å². The highest BCUT2D eigenvalue weighted by molar-refractivity contribution is 7.92. The second-order valence-electron chi connectivity index (χ2n) is 5.73. The van der Waals surface area contributed by atoms with Gasteiger partial charge in [0.15, 0.2) is 9.84 Å². The lowest BCUT2D eigenvalue weighted by Gasteiger charge is -2.32. The first-order chi connectivity index (χ1) is 10.1. The van der Waals surface area contributed by atoms with Crippen LogP contribution in [0.2, 0.25) is 0 Å². The smallest absolute Gasteiger partial charge is 0.182 e. The van der Waals surface area contributed by atoms with Gasteiger partial charge in [0, 0.05) is 19.7 Å². The number of sulfone groups is 1. The molecular weight excluding hydrogens is 286 g/mol. The number of hydrogen-bond donors (Lipinski definition) is 1. The summed E-state index contributed by atoms with van der Waals surface area (Å²) in [5.41, 5.74) is 1.08. The van der Waals surface area contributed by atoms with Crippen LogP contribution < -0.4 is 5.32 Å². The first kappa shape index (κ1) is 16.5. The van der Waals surface area contributed by atoms with Crippen LogP contribution in [0.1, 0.15) is 31.2 Å². The Morgan fingerprint density at radius 3 is 2.52 bits per heavy atom. The average molecular weight is 311 g/mol. The molecule has 4 nitrogen and oxygen atoms in total. The molecule has 2 atom stereocenters. The predicted octanol–water partition coefficient (Wildman–Crippen LogP) is 2.32. The fourth-order valence-electron chi connectivity index (χ4n) is 2.95. The maximum atomic E-state index is 12.9. The Morgan fingerprint density at radius 1 is 1.19 bits per heavy atom. The molecule has 1 fully saturated rings. The van der Waals surface area contributed by atoms with Gasteiger partial charge < -0.3 is 10.1 Å². The molecule has 1 saturated carbocycles. The highest BCUT2D eigenvalue weighted by atomic mass is 32.2. The number of ether oxygens (including phenoxy) is 1. The molecule has 0 saturated heterocycles. The van der Waals surface area contributed by atoms with E-state index < -0.39 is 9.84 Å². The molecule has 21 heavy (non-hydrogen) atoms. The van der Waals surface area contributed by atoms with Gasteiger partial charge in [0.25, 0.3) is 0 Å². The Morgan fingerprint density at radius 2 is 1.86 bits per heavy atom. The second-order valence-corrected chi connectivity index (χ2v) is 7.90. The molecule has 0 aliphatic heterocycles. The van der Waals surface area contributed by atoms with Crippen molar-refractivity contribution in [1.29, 1.82) is 0 Å². The highest BCUT2D eigenvalue weighted by Crippen LogP contribution is 2.29. The van der Waals surface area contributed by atoms with E-state index in [9.17, 15) is 8.42 Å². The predicted molar refractivity (Wildman–Crippen MR) is 84.3 cm³/mol. The van der Waals surface area contributed by atoms with Crippen molar-refractivity contribution in [3.8, 4) is 0 Å². The van der Waals surface area contributed by atoms with E-state index in [2.05, 4.69) is 5.32 Å². The van der Waals surface area contributed by atoms with Gasteiger partial charge in [-0.1, -0.05) is 30.5 Å². The molecule has 0 spiro atoms. The largest absolute Gasteiger partial charge is 0.383 e. The fraction of sp³-hybridized carbons (Fsp3) is 0.625. The molecule has 5 heteroatoms. The summed E-state index contributed by atoms with van der Waals surface area (Å²) >= 11 is 0. The standard InChI is InChI=1S/C16H25NO3S/c1-13-7-9-14(10-8-13)21(18,19)16-6-4-3-5-15(16)17-11-12-20-2/h7-10,15-17H,3-6,11-12H2,1-2H3/t15-,16-/m1/s1. The average Bonchev–Trinajstić information content (AvgIpc) is 2.48. The monoisotopic (exact) mass is 311 g/mol. The van der Waals surface area contributed by atoms with Crippen LogP contribution in [0.5, 0.6) is 0 Å². The van der Waals surface area contributed by atoms with Gasteiger partial charge in [0.2, 0.25) is 0 Å². The lowest BCUT2D eigenvalue weighted by molar-refractivity contribution is 0.192. The van der Waals surface area contributed by atoms with Crippen molar-refractivity contribution in [2.24, 2.45) is 0 Å². The van der Waals surface area contributed by atoms with Crippen molar-refractivity contribution in [2.45, 2.75) is 48.8 Å². The first-order valence-corrected chi connectivity index (χ1v) is 9.13. The molecule has 1 aliphatic carbocycles. The van der Waals surface area contributed by atoms with Gasteiger partial charge in [-0.2, -0.15) is 0 Å². The van der Waals surface area contributed by atoms with Crippen LogP contribution >= 0.6 is 0 Å². The molecule has 0 radical (unpaired) electrons. The minimum Gasteiger partial charge on any atom is -0.383 e.